The number of hydrogen-bond donors (Lipinski definition) is 2. The van der Waals surface area contributed by atoms with Crippen molar-refractivity contribution in [2.75, 3.05) is 6.61 Å². The van der Waals surface area contributed by atoms with Gasteiger partial charge in [0.2, 0.25) is 6.08 Å². The Morgan fingerprint density at radius 2 is 2.22 bits per heavy atom. The fraction of sp³-hybridized carbons (Fsp3) is 0.500. The highest BCUT2D eigenvalue weighted by Gasteiger charge is 1.86. The average Bonchev–Trinajstić information content (AvgIpc) is 1.67. The second-order valence-corrected chi connectivity index (χ2v) is 0.801. The molecule has 0 spiro atoms. The molecule has 0 saturated heterocycles. The van der Waals surface area contributed by atoms with Crippen LogP contribution >= 0.6 is 0 Å². The standard InChI is InChI=1S/C3H6O3.CHNO/c1-2-6-3(4)5;2-1-3/h2H2,1H3,(H,4,5);2H. The zero-order valence-electron chi connectivity index (χ0n) is 4.88. The van der Waals surface area contributed by atoms with E-state index in [0.29, 0.717) is 0 Å². The molecule has 5 heteroatoms. The molecule has 0 atom stereocenters. The van der Waals surface area contributed by atoms with Crippen LogP contribution in [0.1, 0.15) is 6.92 Å². The zero-order valence-corrected chi connectivity index (χ0v) is 4.88. The first-order chi connectivity index (χ1) is 4.18. The Labute approximate surface area is 51.8 Å². The molecule has 5 nitrogen and oxygen atoms in total. The van der Waals surface area contributed by atoms with Crippen LogP contribution in [0.5, 0.6) is 0 Å². The minimum absolute atomic E-state index is 0.231. The number of carbonyl (C=O) groups excluding carboxylic acids is 1. The van der Waals surface area contributed by atoms with E-state index in [4.69, 9.17) is 15.3 Å². The highest BCUT2D eigenvalue weighted by Crippen LogP contribution is 1.69. The van der Waals surface area contributed by atoms with Crippen molar-refractivity contribution in [1.29, 1.82) is 5.41 Å². The van der Waals surface area contributed by atoms with Crippen molar-refractivity contribution in [2.24, 2.45) is 0 Å². The third-order valence-electron chi connectivity index (χ3n) is 0.268. The monoisotopic (exact) mass is 133 g/mol. The molecule has 52 valence electrons. The van der Waals surface area contributed by atoms with Gasteiger partial charge in [0.25, 0.3) is 0 Å². The summed E-state index contributed by atoms with van der Waals surface area (Å²) < 4.78 is 3.96. The second-order valence-electron chi connectivity index (χ2n) is 0.801. The summed E-state index contributed by atoms with van der Waals surface area (Å²) in [6.45, 7) is 1.85. The lowest BCUT2D eigenvalue weighted by atomic mass is 10.9. The molecular weight excluding hydrogens is 126 g/mol. The molecule has 0 saturated carbocycles. The molecule has 0 aliphatic heterocycles. The average molecular weight is 133 g/mol. The van der Waals surface area contributed by atoms with E-state index >= 15 is 0 Å². The minimum atomic E-state index is -1.21. The van der Waals surface area contributed by atoms with Gasteiger partial charge in [-0.2, -0.15) is 0 Å². The van der Waals surface area contributed by atoms with Crippen LogP contribution in [0.2, 0.25) is 0 Å². The molecule has 0 unspecified atom stereocenters. The maximum Gasteiger partial charge on any atom is 0.505 e. The molecule has 0 aromatic carbocycles. The summed E-state index contributed by atoms with van der Waals surface area (Å²) in [5.41, 5.74) is 0. The summed E-state index contributed by atoms with van der Waals surface area (Å²) in [4.78, 5) is 17.7. The van der Waals surface area contributed by atoms with Crippen molar-refractivity contribution in [3.63, 3.8) is 0 Å². The SMILES string of the molecule is CCOC(=O)O.N=C=O. The minimum Gasteiger partial charge on any atom is -0.450 e. The lowest BCUT2D eigenvalue weighted by Gasteiger charge is -1.87. The summed E-state index contributed by atoms with van der Waals surface area (Å²) in [7, 11) is 0. The van der Waals surface area contributed by atoms with Gasteiger partial charge in [-0.15, -0.1) is 0 Å². The van der Waals surface area contributed by atoms with Crippen molar-refractivity contribution in [3.05, 3.63) is 0 Å². The number of carbonyl (C=O) groups is 1. The van der Waals surface area contributed by atoms with Crippen molar-refractivity contribution in [1.82, 2.24) is 0 Å². The highest BCUT2D eigenvalue weighted by molar-refractivity contribution is 5.56. The Bertz CT molecular complexity index is 105. The van der Waals surface area contributed by atoms with Crippen LogP contribution in [0.3, 0.4) is 0 Å². The lowest BCUT2D eigenvalue weighted by molar-refractivity contribution is 0.0966. The second kappa shape index (κ2) is 9.82. The fourth-order valence-electron chi connectivity index (χ4n) is 0.123. The van der Waals surface area contributed by atoms with Crippen molar-refractivity contribution < 1.29 is 19.4 Å². The Kier molecular flexibility index (Phi) is 11.6. The number of nitrogens with one attached hydrogen (secondary N) is 1. The first-order valence-corrected chi connectivity index (χ1v) is 2.08. The third-order valence-corrected chi connectivity index (χ3v) is 0.268. The van der Waals surface area contributed by atoms with E-state index in [1.807, 2.05) is 0 Å². The van der Waals surface area contributed by atoms with Crippen molar-refractivity contribution in [2.45, 2.75) is 6.92 Å². The normalized spacial score (nSPS) is 5.89. The van der Waals surface area contributed by atoms with Gasteiger partial charge in [-0.25, -0.2) is 15.0 Å². The predicted octanol–water partition coefficient (Wildman–Crippen LogP) is 0.602. The molecule has 0 aliphatic carbocycles. The largest absolute Gasteiger partial charge is 0.505 e. The molecule has 0 aromatic heterocycles. The Hall–Kier alpha value is -1.35. The maximum absolute atomic E-state index is 9.38. The molecule has 0 radical (unpaired) electrons. The number of carboxylic acid groups (broad SMARTS) is 1. The van der Waals surface area contributed by atoms with E-state index in [2.05, 4.69) is 4.74 Å². The van der Waals surface area contributed by atoms with Crippen LogP contribution in [0, 0.1) is 5.41 Å². The van der Waals surface area contributed by atoms with Crippen molar-refractivity contribution >= 4 is 12.2 Å². The van der Waals surface area contributed by atoms with E-state index in [9.17, 15) is 4.79 Å². The molecular formula is C4H7NO4. The van der Waals surface area contributed by atoms with Gasteiger partial charge in [-0.1, -0.05) is 0 Å². The Balaban J connectivity index is 0. The van der Waals surface area contributed by atoms with Crippen LogP contribution in [-0.2, 0) is 9.53 Å². The summed E-state index contributed by atoms with van der Waals surface area (Å²) in [6, 6.07) is 0. The Morgan fingerprint density at radius 3 is 2.22 bits per heavy atom. The first kappa shape index (κ1) is 10.6. The van der Waals surface area contributed by atoms with Crippen LogP contribution in [0.25, 0.3) is 0 Å². The molecule has 0 heterocycles. The number of rotatable bonds is 1. The molecule has 0 amide bonds. The quantitative estimate of drug-likeness (QED) is 0.311. The van der Waals surface area contributed by atoms with Crippen LogP contribution in [-0.4, -0.2) is 23.9 Å². The fourth-order valence-corrected chi connectivity index (χ4v) is 0.123. The van der Waals surface area contributed by atoms with Gasteiger partial charge in [0.05, 0.1) is 6.61 Å². The predicted molar refractivity (Wildman–Crippen MR) is 28.1 cm³/mol. The zero-order chi connectivity index (χ0) is 7.70. The molecule has 9 heavy (non-hydrogen) atoms. The van der Waals surface area contributed by atoms with Crippen LogP contribution < -0.4 is 0 Å². The van der Waals surface area contributed by atoms with Gasteiger partial charge < -0.3 is 9.84 Å². The van der Waals surface area contributed by atoms with Gasteiger partial charge >= 0.3 is 6.16 Å². The topological polar surface area (TPSA) is 87.4 Å². The number of isocyanates is 1. The van der Waals surface area contributed by atoms with Crippen LogP contribution in [0.4, 0.5) is 4.79 Å². The lowest BCUT2D eigenvalue weighted by Crippen LogP contribution is -1.97. The Morgan fingerprint density at radius 1 is 1.89 bits per heavy atom. The molecule has 0 bridgehead atoms. The molecule has 0 aliphatic rings. The maximum atomic E-state index is 9.38. The van der Waals surface area contributed by atoms with Gasteiger partial charge in [0.15, 0.2) is 0 Å². The summed E-state index contributed by atoms with van der Waals surface area (Å²) >= 11 is 0. The van der Waals surface area contributed by atoms with E-state index in [0.717, 1.165) is 6.08 Å². The molecule has 2 N–H and O–H groups in total. The van der Waals surface area contributed by atoms with Crippen molar-refractivity contribution in [3.8, 4) is 0 Å². The number of ether oxygens (including phenoxy) is 1. The number of hydrogen-bond acceptors (Lipinski definition) is 4. The van der Waals surface area contributed by atoms with E-state index in [1.54, 1.807) is 6.92 Å². The van der Waals surface area contributed by atoms with Gasteiger partial charge in [0, 0.05) is 0 Å². The molecule has 0 rings (SSSR count). The van der Waals surface area contributed by atoms with Gasteiger partial charge in [-0.3, -0.25) is 0 Å². The molecule has 0 fully saturated rings. The highest BCUT2D eigenvalue weighted by atomic mass is 16.7. The smallest absolute Gasteiger partial charge is 0.450 e. The van der Waals surface area contributed by atoms with Gasteiger partial charge in [-0.05, 0) is 6.92 Å². The van der Waals surface area contributed by atoms with E-state index in [-0.39, 0.29) is 6.61 Å². The van der Waals surface area contributed by atoms with E-state index < -0.39 is 6.16 Å². The summed E-state index contributed by atoms with van der Waals surface area (Å²) in [5, 5.41) is 13.1. The first-order valence-electron chi connectivity index (χ1n) is 2.08. The third kappa shape index (κ3) is 52.8. The summed E-state index contributed by atoms with van der Waals surface area (Å²) in [5.74, 6) is 0. The van der Waals surface area contributed by atoms with Crippen LogP contribution in [0.15, 0.2) is 0 Å². The van der Waals surface area contributed by atoms with E-state index in [1.165, 1.54) is 0 Å². The molecule has 0 aromatic rings. The van der Waals surface area contributed by atoms with Gasteiger partial charge in [0.1, 0.15) is 0 Å². The summed E-state index contributed by atoms with van der Waals surface area (Å²) in [6.07, 6.45) is -0.461.